The summed E-state index contributed by atoms with van der Waals surface area (Å²) in [6.07, 6.45) is 3.34. The number of carbonyl (C=O) groups excluding carboxylic acids is 3. The van der Waals surface area contributed by atoms with E-state index in [1.807, 2.05) is 13.8 Å². The number of aliphatic hydroxyl groups is 1. The van der Waals surface area contributed by atoms with Gasteiger partial charge < -0.3 is 42.6 Å². The topological polar surface area (TPSA) is 226 Å². The molecule has 0 radical (unpaired) electrons. The number of nitrogens with one attached hydrogen (secondary N) is 4. The highest BCUT2D eigenvalue weighted by Gasteiger charge is 2.32. The van der Waals surface area contributed by atoms with E-state index in [0.717, 1.165) is 0 Å². The molecule has 1 heterocycles. The molecule has 3 amide bonds. The predicted molar refractivity (Wildman–Crippen MR) is 128 cm³/mol. The molecule has 0 aromatic carbocycles. The van der Waals surface area contributed by atoms with Gasteiger partial charge in [-0.05, 0) is 45.1 Å². The minimum atomic E-state index is -1.57. The van der Waals surface area contributed by atoms with E-state index >= 15 is 0 Å². The lowest BCUT2D eigenvalue weighted by atomic mass is 10.0. The third-order valence-electron chi connectivity index (χ3n) is 5.30. The van der Waals surface area contributed by atoms with E-state index in [1.165, 1.54) is 19.4 Å². The number of imidazole rings is 1. The van der Waals surface area contributed by atoms with Crippen molar-refractivity contribution in [3.8, 4) is 0 Å². The Morgan fingerprint density at radius 3 is 2.17 bits per heavy atom. The number of unbranched alkanes of at least 4 members (excludes halogenated alkanes) is 1. The first-order chi connectivity index (χ1) is 16.5. The lowest BCUT2D eigenvalue weighted by Gasteiger charge is -2.26. The fourth-order valence-electron chi connectivity index (χ4n) is 3.40. The number of carbonyl (C=O) groups is 4. The van der Waals surface area contributed by atoms with Crippen molar-refractivity contribution >= 4 is 23.7 Å². The Morgan fingerprint density at radius 2 is 1.66 bits per heavy atom. The van der Waals surface area contributed by atoms with Gasteiger partial charge >= 0.3 is 5.97 Å². The molecule has 0 bridgehead atoms. The molecule has 0 aliphatic rings. The fraction of sp³-hybridized carbons (Fsp3) is 0.682. The van der Waals surface area contributed by atoms with Gasteiger partial charge in [0.05, 0.1) is 18.5 Å². The second-order valence-electron chi connectivity index (χ2n) is 8.99. The van der Waals surface area contributed by atoms with Crippen molar-refractivity contribution in [2.45, 2.75) is 83.1 Å². The number of carboxylic acids is 1. The van der Waals surface area contributed by atoms with Gasteiger partial charge in [-0.15, -0.1) is 0 Å². The van der Waals surface area contributed by atoms with Crippen LogP contribution < -0.4 is 27.4 Å². The third kappa shape index (κ3) is 10.8. The van der Waals surface area contributed by atoms with Crippen molar-refractivity contribution in [2.75, 3.05) is 6.54 Å². The van der Waals surface area contributed by atoms with E-state index < -0.39 is 54.0 Å². The van der Waals surface area contributed by atoms with Crippen molar-refractivity contribution in [3.05, 3.63) is 18.2 Å². The van der Waals surface area contributed by atoms with Crippen LogP contribution in [0.3, 0.4) is 0 Å². The molecule has 0 saturated heterocycles. The van der Waals surface area contributed by atoms with Gasteiger partial charge in [0.15, 0.2) is 6.04 Å². The number of H-pyrrole nitrogens is 1. The van der Waals surface area contributed by atoms with Crippen molar-refractivity contribution in [3.63, 3.8) is 0 Å². The number of carboxylic acid groups (broad SMARTS) is 1. The summed E-state index contributed by atoms with van der Waals surface area (Å²) in [6, 6.07) is -4.55. The largest absolute Gasteiger partial charge is 0.480 e. The minimum Gasteiger partial charge on any atom is -0.480 e. The highest BCUT2D eigenvalue weighted by Crippen LogP contribution is 2.07. The van der Waals surface area contributed by atoms with Gasteiger partial charge in [-0.2, -0.15) is 0 Å². The van der Waals surface area contributed by atoms with E-state index in [1.54, 1.807) is 0 Å². The SMILES string of the molecule is CC(C)CC(N)C(=O)NC(CCCCN)C(=O)NC(Cc1cnc[nH]1)C(=O)NC(C(=O)O)C(C)O. The third-order valence-corrected chi connectivity index (χ3v) is 5.30. The Bertz CT molecular complexity index is 815. The van der Waals surface area contributed by atoms with E-state index in [2.05, 4.69) is 25.9 Å². The molecule has 1 aromatic heterocycles. The maximum absolute atomic E-state index is 13.1. The van der Waals surface area contributed by atoms with Crippen LogP contribution >= 0.6 is 0 Å². The van der Waals surface area contributed by atoms with Crippen molar-refractivity contribution < 1.29 is 29.4 Å². The van der Waals surface area contributed by atoms with Gasteiger partial charge in [-0.25, -0.2) is 9.78 Å². The molecule has 13 nitrogen and oxygen atoms in total. The Hall–Kier alpha value is -3.03. The molecular weight excluding hydrogens is 458 g/mol. The van der Waals surface area contributed by atoms with Crippen molar-refractivity contribution in [1.29, 1.82) is 0 Å². The van der Waals surface area contributed by atoms with Crippen LogP contribution in [0.1, 0.15) is 52.1 Å². The molecule has 0 spiro atoms. The van der Waals surface area contributed by atoms with Crippen LogP contribution in [0.2, 0.25) is 0 Å². The Kier molecular flexibility index (Phi) is 12.9. The normalized spacial score (nSPS) is 15.5. The van der Waals surface area contributed by atoms with Crippen LogP contribution in [0.25, 0.3) is 0 Å². The quantitative estimate of drug-likeness (QED) is 0.123. The van der Waals surface area contributed by atoms with Crippen LogP contribution in [-0.4, -0.2) is 80.7 Å². The molecule has 10 N–H and O–H groups in total. The maximum atomic E-state index is 13.1. The molecule has 35 heavy (non-hydrogen) atoms. The smallest absolute Gasteiger partial charge is 0.328 e. The van der Waals surface area contributed by atoms with Crippen LogP contribution in [0.5, 0.6) is 0 Å². The summed E-state index contributed by atoms with van der Waals surface area (Å²) in [7, 11) is 0. The molecule has 0 aliphatic heterocycles. The van der Waals surface area contributed by atoms with Crippen LogP contribution in [0.4, 0.5) is 0 Å². The Balaban J connectivity index is 3.05. The fourth-order valence-corrected chi connectivity index (χ4v) is 3.40. The minimum absolute atomic E-state index is 0.0277. The summed E-state index contributed by atoms with van der Waals surface area (Å²) >= 11 is 0. The number of nitrogens with zero attached hydrogens (tertiary/aromatic N) is 1. The van der Waals surface area contributed by atoms with Crippen LogP contribution in [0.15, 0.2) is 12.5 Å². The summed E-state index contributed by atoms with van der Waals surface area (Å²) in [4.78, 5) is 56.7. The Labute approximate surface area is 204 Å². The van der Waals surface area contributed by atoms with E-state index in [4.69, 9.17) is 11.5 Å². The highest BCUT2D eigenvalue weighted by molar-refractivity contribution is 5.94. The van der Waals surface area contributed by atoms with Gasteiger partial charge in [0, 0.05) is 18.3 Å². The zero-order valence-electron chi connectivity index (χ0n) is 20.5. The van der Waals surface area contributed by atoms with Crippen molar-refractivity contribution in [2.24, 2.45) is 17.4 Å². The van der Waals surface area contributed by atoms with E-state index in [-0.39, 0.29) is 18.8 Å². The average Bonchev–Trinajstić information content (AvgIpc) is 3.28. The number of nitrogens with two attached hydrogens (primary N) is 2. The molecule has 0 fully saturated rings. The first kappa shape index (κ1) is 30.0. The number of hydrogen-bond acceptors (Lipinski definition) is 8. The van der Waals surface area contributed by atoms with E-state index in [9.17, 15) is 29.4 Å². The molecule has 1 aromatic rings. The van der Waals surface area contributed by atoms with Crippen LogP contribution in [-0.2, 0) is 25.6 Å². The number of aliphatic carboxylic acids is 1. The van der Waals surface area contributed by atoms with Crippen molar-refractivity contribution in [1.82, 2.24) is 25.9 Å². The van der Waals surface area contributed by atoms with Gasteiger partial charge in [-0.1, -0.05) is 13.8 Å². The predicted octanol–water partition coefficient (Wildman–Crippen LogP) is -1.63. The molecule has 0 aliphatic carbocycles. The Morgan fingerprint density at radius 1 is 1.03 bits per heavy atom. The van der Waals surface area contributed by atoms with Crippen LogP contribution in [0, 0.1) is 5.92 Å². The lowest BCUT2D eigenvalue weighted by molar-refractivity contribution is -0.145. The molecule has 198 valence electrons. The van der Waals surface area contributed by atoms with Gasteiger partial charge in [0.25, 0.3) is 0 Å². The number of amides is 3. The summed E-state index contributed by atoms with van der Waals surface area (Å²) in [5.41, 5.74) is 12.0. The van der Waals surface area contributed by atoms with E-state index in [0.29, 0.717) is 31.5 Å². The zero-order chi connectivity index (χ0) is 26.5. The summed E-state index contributed by atoms with van der Waals surface area (Å²) in [6.45, 7) is 5.49. The molecular formula is C22H39N7O6. The number of aromatic amines is 1. The first-order valence-electron chi connectivity index (χ1n) is 11.7. The second-order valence-corrected chi connectivity index (χ2v) is 8.99. The first-order valence-corrected chi connectivity index (χ1v) is 11.7. The van der Waals surface area contributed by atoms with Gasteiger partial charge in [-0.3, -0.25) is 14.4 Å². The second kappa shape index (κ2) is 15.1. The zero-order valence-corrected chi connectivity index (χ0v) is 20.5. The standard InChI is InChI=1S/C22H39N7O6/c1-12(2)8-15(24)19(31)27-16(6-4-5-7-23)20(32)28-17(9-14-10-25-11-26-14)21(33)29-18(13(3)30)22(34)35/h10-13,15-18,30H,4-9,23-24H2,1-3H3,(H,25,26)(H,27,31)(H,28,32)(H,29,33)(H,34,35). The van der Waals surface area contributed by atoms with Gasteiger partial charge in [0.2, 0.25) is 17.7 Å². The maximum Gasteiger partial charge on any atom is 0.328 e. The average molecular weight is 498 g/mol. The number of aliphatic hydroxyl groups excluding tert-OH is 1. The summed E-state index contributed by atoms with van der Waals surface area (Å²) < 4.78 is 0. The number of rotatable bonds is 16. The monoisotopic (exact) mass is 497 g/mol. The summed E-state index contributed by atoms with van der Waals surface area (Å²) in [5, 5.41) is 26.5. The summed E-state index contributed by atoms with van der Waals surface area (Å²) in [5.74, 6) is -3.17. The molecule has 13 heteroatoms. The number of aromatic nitrogens is 2. The van der Waals surface area contributed by atoms with Gasteiger partial charge in [0.1, 0.15) is 12.1 Å². The molecule has 5 unspecified atom stereocenters. The number of hydrogen-bond donors (Lipinski definition) is 8. The lowest BCUT2D eigenvalue weighted by Crippen LogP contribution is -2.58. The molecule has 1 rings (SSSR count). The molecule has 5 atom stereocenters. The highest BCUT2D eigenvalue weighted by atomic mass is 16.4. The molecule has 0 saturated carbocycles.